The molecule has 0 spiro atoms. The second-order valence-electron chi connectivity index (χ2n) is 5.62. The van der Waals surface area contributed by atoms with E-state index in [2.05, 4.69) is 4.98 Å². The molecule has 0 saturated heterocycles. The number of nitrogens with zero attached hydrogens (tertiary/aromatic N) is 2. The van der Waals surface area contributed by atoms with Crippen LogP contribution in [0.2, 0.25) is 0 Å². The first kappa shape index (κ1) is 15.4. The first-order valence-electron chi connectivity index (χ1n) is 7.20. The van der Waals surface area contributed by atoms with E-state index in [9.17, 15) is 8.78 Å². The summed E-state index contributed by atoms with van der Waals surface area (Å²) >= 11 is 1.40. The molecule has 0 aliphatic heterocycles. The van der Waals surface area contributed by atoms with E-state index in [4.69, 9.17) is 4.74 Å². The van der Waals surface area contributed by atoms with Crippen molar-refractivity contribution in [2.45, 2.75) is 25.4 Å². The number of halogens is 2. The Morgan fingerprint density at radius 1 is 1.27 bits per heavy atom. The highest BCUT2D eigenvalue weighted by Gasteiger charge is 2.26. The number of thiazole rings is 1. The highest BCUT2D eigenvalue weighted by atomic mass is 32.1. The molecule has 1 aliphatic carbocycles. The van der Waals surface area contributed by atoms with E-state index in [-0.39, 0.29) is 17.4 Å². The van der Waals surface area contributed by atoms with Crippen LogP contribution in [0.15, 0.2) is 12.1 Å². The molecule has 0 bridgehead atoms. The molecule has 6 heteroatoms. The molecular formula is C16H18F2N2OS. The summed E-state index contributed by atoms with van der Waals surface area (Å²) in [6.07, 6.45) is 2.84. The van der Waals surface area contributed by atoms with Gasteiger partial charge in [0.2, 0.25) is 0 Å². The minimum Gasteiger partial charge on any atom is -0.376 e. The number of aryl methyl sites for hydroxylation is 1. The SMILES string of the molecule is COC1CCCc2nc(-c3cc(F)c(N(C)C)cc3F)sc21. The Balaban J connectivity index is 2.05. The van der Waals surface area contributed by atoms with Gasteiger partial charge in [-0.05, 0) is 25.3 Å². The topological polar surface area (TPSA) is 25.4 Å². The molecule has 1 unspecified atom stereocenters. The Bertz CT molecular complexity index is 700. The largest absolute Gasteiger partial charge is 0.376 e. The molecule has 118 valence electrons. The summed E-state index contributed by atoms with van der Waals surface area (Å²) in [4.78, 5) is 7.11. The van der Waals surface area contributed by atoms with Gasteiger partial charge in [0.25, 0.3) is 0 Å². The first-order chi connectivity index (χ1) is 10.5. The fourth-order valence-corrected chi connectivity index (χ4v) is 4.00. The number of hydrogen-bond acceptors (Lipinski definition) is 4. The minimum atomic E-state index is -0.454. The molecule has 1 heterocycles. The van der Waals surface area contributed by atoms with Crippen molar-refractivity contribution < 1.29 is 13.5 Å². The maximum absolute atomic E-state index is 14.4. The molecule has 3 nitrogen and oxygen atoms in total. The standard InChI is InChI=1S/C16H18F2N2OS/c1-20(2)13-8-10(17)9(7-11(13)18)16-19-12-5-4-6-14(21-3)15(12)22-16/h7-8,14H,4-6H2,1-3H3. The fourth-order valence-electron chi connectivity index (χ4n) is 2.76. The summed E-state index contributed by atoms with van der Waals surface area (Å²) in [5.74, 6) is -0.900. The van der Waals surface area contributed by atoms with E-state index < -0.39 is 11.6 Å². The number of rotatable bonds is 3. The van der Waals surface area contributed by atoms with Crippen LogP contribution in [0.5, 0.6) is 0 Å². The third-order valence-electron chi connectivity index (χ3n) is 3.93. The van der Waals surface area contributed by atoms with Crippen LogP contribution >= 0.6 is 11.3 Å². The summed E-state index contributed by atoms with van der Waals surface area (Å²) in [5.41, 5.74) is 1.41. The van der Waals surface area contributed by atoms with Crippen LogP contribution in [0, 0.1) is 11.6 Å². The Hall–Kier alpha value is -1.53. The van der Waals surface area contributed by atoms with Crippen LogP contribution in [0.25, 0.3) is 10.6 Å². The van der Waals surface area contributed by atoms with Gasteiger partial charge in [0, 0.05) is 32.8 Å². The summed E-state index contributed by atoms with van der Waals surface area (Å²) in [6, 6.07) is 2.45. The average molecular weight is 324 g/mol. The lowest BCUT2D eigenvalue weighted by Gasteiger charge is -2.19. The van der Waals surface area contributed by atoms with Gasteiger partial charge in [-0.3, -0.25) is 0 Å². The zero-order valence-electron chi connectivity index (χ0n) is 12.8. The predicted molar refractivity (Wildman–Crippen MR) is 84.5 cm³/mol. The highest BCUT2D eigenvalue weighted by Crippen LogP contribution is 2.40. The molecule has 1 aliphatic rings. The van der Waals surface area contributed by atoms with Crippen LogP contribution in [0.1, 0.15) is 29.5 Å². The lowest BCUT2D eigenvalue weighted by Crippen LogP contribution is -2.11. The van der Waals surface area contributed by atoms with Crippen molar-refractivity contribution in [1.29, 1.82) is 0 Å². The molecule has 2 aromatic rings. The molecule has 22 heavy (non-hydrogen) atoms. The zero-order valence-corrected chi connectivity index (χ0v) is 13.6. The molecule has 1 aromatic heterocycles. The van der Waals surface area contributed by atoms with E-state index in [1.54, 1.807) is 26.1 Å². The number of aromatic nitrogens is 1. The van der Waals surface area contributed by atoms with Gasteiger partial charge in [0.1, 0.15) is 16.6 Å². The number of fused-ring (bicyclic) bond motifs is 1. The van der Waals surface area contributed by atoms with Gasteiger partial charge < -0.3 is 9.64 Å². The summed E-state index contributed by atoms with van der Waals surface area (Å²) in [5, 5.41) is 0.524. The van der Waals surface area contributed by atoms with E-state index in [0.717, 1.165) is 29.8 Å². The van der Waals surface area contributed by atoms with Gasteiger partial charge in [0.15, 0.2) is 0 Å². The monoisotopic (exact) mass is 324 g/mol. The molecule has 3 rings (SSSR count). The second-order valence-corrected chi connectivity index (χ2v) is 6.66. The Labute approximate surface area is 132 Å². The lowest BCUT2D eigenvalue weighted by atomic mass is 10.0. The van der Waals surface area contributed by atoms with Gasteiger partial charge in [-0.25, -0.2) is 13.8 Å². The van der Waals surface area contributed by atoms with Crippen molar-refractivity contribution in [3.05, 3.63) is 34.3 Å². The van der Waals surface area contributed by atoms with E-state index in [0.29, 0.717) is 5.01 Å². The molecule has 1 atom stereocenters. The molecule has 0 fully saturated rings. The lowest BCUT2D eigenvalue weighted by molar-refractivity contribution is 0.0908. The van der Waals surface area contributed by atoms with E-state index >= 15 is 0 Å². The van der Waals surface area contributed by atoms with E-state index in [1.807, 2.05) is 0 Å². The smallest absolute Gasteiger partial charge is 0.147 e. The van der Waals surface area contributed by atoms with Crippen molar-refractivity contribution in [3.8, 4) is 10.6 Å². The molecule has 0 saturated carbocycles. The highest BCUT2D eigenvalue weighted by molar-refractivity contribution is 7.15. The zero-order chi connectivity index (χ0) is 15.9. The number of benzene rings is 1. The van der Waals surface area contributed by atoms with E-state index in [1.165, 1.54) is 23.5 Å². The van der Waals surface area contributed by atoms with Crippen LogP contribution in [-0.2, 0) is 11.2 Å². The fraction of sp³-hybridized carbons (Fsp3) is 0.438. The Kier molecular flexibility index (Phi) is 4.14. The Morgan fingerprint density at radius 3 is 2.73 bits per heavy atom. The summed E-state index contributed by atoms with van der Waals surface area (Å²) in [7, 11) is 5.04. The van der Waals surface area contributed by atoms with Crippen LogP contribution < -0.4 is 4.90 Å². The second kappa shape index (κ2) is 5.93. The van der Waals surface area contributed by atoms with Crippen molar-refractivity contribution in [2.24, 2.45) is 0 Å². The first-order valence-corrected chi connectivity index (χ1v) is 8.02. The number of hydrogen-bond donors (Lipinski definition) is 0. The Morgan fingerprint density at radius 2 is 2.05 bits per heavy atom. The number of ether oxygens (including phenoxy) is 1. The van der Waals surface area contributed by atoms with Crippen molar-refractivity contribution in [3.63, 3.8) is 0 Å². The van der Waals surface area contributed by atoms with Crippen molar-refractivity contribution in [2.75, 3.05) is 26.1 Å². The normalized spacial score (nSPS) is 17.4. The summed E-state index contributed by atoms with van der Waals surface area (Å²) in [6.45, 7) is 0. The van der Waals surface area contributed by atoms with Crippen LogP contribution in [0.3, 0.4) is 0 Å². The number of methoxy groups -OCH3 is 1. The third-order valence-corrected chi connectivity index (χ3v) is 5.16. The molecular weight excluding hydrogens is 306 g/mol. The summed E-state index contributed by atoms with van der Waals surface area (Å²) < 4.78 is 34.0. The molecule has 0 N–H and O–H groups in total. The quantitative estimate of drug-likeness (QED) is 0.847. The van der Waals surface area contributed by atoms with Gasteiger partial charge in [-0.15, -0.1) is 11.3 Å². The average Bonchev–Trinajstić information content (AvgIpc) is 2.92. The minimum absolute atomic E-state index is 0.0176. The molecule has 0 radical (unpaired) electrons. The van der Waals surface area contributed by atoms with Crippen molar-refractivity contribution >= 4 is 17.0 Å². The van der Waals surface area contributed by atoms with Crippen molar-refractivity contribution in [1.82, 2.24) is 4.98 Å². The maximum atomic E-state index is 14.4. The predicted octanol–water partition coefficient (Wildman–Crippen LogP) is 4.18. The van der Waals surface area contributed by atoms with Gasteiger partial charge in [0.05, 0.1) is 22.4 Å². The van der Waals surface area contributed by atoms with Gasteiger partial charge in [-0.2, -0.15) is 0 Å². The molecule has 1 aromatic carbocycles. The molecule has 0 amide bonds. The van der Waals surface area contributed by atoms with Crippen LogP contribution in [0.4, 0.5) is 14.5 Å². The third kappa shape index (κ3) is 2.61. The van der Waals surface area contributed by atoms with Gasteiger partial charge in [-0.1, -0.05) is 0 Å². The van der Waals surface area contributed by atoms with Crippen LogP contribution in [-0.4, -0.2) is 26.2 Å². The van der Waals surface area contributed by atoms with Gasteiger partial charge >= 0.3 is 0 Å². The maximum Gasteiger partial charge on any atom is 0.147 e. The number of anilines is 1.